The lowest BCUT2D eigenvalue weighted by molar-refractivity contribution is -0.138. The second-order valence-electron chi connectivity index (χ2n) is 3.09. The number of hydrogen-bond acceptors (Lipinski definition) is 2. The van der Waals surface area contributed by atoms with Gasteiger partial charge >= 0.3 is 12.1 Å². The molecular formula is C11H8ClF3O2. The molecule has 0 aromatic heterocycles. The van der Waals surface area contributed by atoms with Gasteiger partial charge in [0.1, 0.15) is 0 Å². The molecule has 0 spiro atoms. The minimum atomic E-state index is -4.50. The summed E-state index contributed by atoms with van der Waals surface area (Å²) in [5.41, 5.74) is -1.04. The highest BCUT2D eigenvalue weighted by molar-refractivity contribution is 6.30. The second kappa shape index (κ2) is 5.23. The molecule has 0 amide bonds. The summed E-state index contributed by atoms with van der Waals surface area (Å²) in [6.07, 6.45) is -2.58. The number of rotatable bonds is 2. The van der Waals surface area contributed by atoms with Crippen molar-refractivity contribution in [3.05, 3.63) is 40.4 Å². The van der Waals surface area contributed by atoms with Crippen molar-refractivity contribution >= 4 is 23.6 Å². The lowest BCUT2D eigenvalue weighted by atomic mass is 10.1. The van der Waals surface area contributed by atoms with Crippen LogP contribution in [0, 0.1) is 0 Å². The second-order valence-corrected chi connectivity index (χ2v) is 3.52. The van der Waals surface area contributed by atoms with Crippen LogP contribution in [0.15, 0.2) is 24.3 Å². The van der Waals surface area contributed by atoms with Gasteiger partial charge in [0.15, 0.2) is 0 Å². The average molecular weight is 265 g/mol. The molecule has 0 radical (unpaired) electrons. The maximum Gasteiger partial charge on any atom is 0.416 e. The zero-order valence-corrected chi connectivity index (χ0v) is 9.47. The zero-order valence-electron chi connectivity index (χ0n) is 8.72. The van der Waals surface area contributed by atoms with Crippen molar-refractivity contribution in [1.82, 2.24) is 0 Å². The summed E-state index contributed by atoms with van der Waals surface area (Å²) >= 11 is 5.60. The van der Waals surface area contributed by atoms with Gasteiger partial charge in [0, 0.05) is 11.1 Å². The Morgan fingerprint density at radius 3 is 2.59 bits per heavy atom. The van der Waals surface area contributed by atoms with Crippen molar-refractivity contribution in [1.29, 1.82) is 0 Å². The number of benzene rings is 1. The maximum atomic E-state index is 12.6. The van der Waals surface area contributed by atoms with Gasteiger partial charge in [-0.25, -0.2) is 4.79 Å². The van der Waals surface area contributed by atoms with Gasteiger partial charge in [-0.15, -0.1) is 0 Å². The number of halogens is 4. The van der Waals surface area contributed by atoms with Gasteiger partial charge in [-0.05, 0) is 29.8 Å². The van der Waals surface area contributed by atoms with Gasteiger partial charge in [0.05, 0.1) is 12.7 Å². The number of carbonyl (C=O) groups excluding carboxylic acids is 1. The predicted molar refractivity (Wildman–Crippen MR) is 57.5 cm³/mol. The molecule has 0 atom stereocenters. The predicted octanol–water partition coefficient (Wildman–Crippen LogP) is 3.55. The van der Waals surface area contributed by atoms with E-state index in [4.69, 9.17) is 11.6 Å². The Hall–Kier alpha value is -1.49. The molecule has 0 bridgehead atoms. The van der Waals surface area contributed by atoms with Crippen molar-refractivity contribution < 1.29 is 22.7 Å². The van der Waals surface area contributed by atoms with Crippen LogP contribution in [0.25, 0.3) is 6.08 Å². The van der Waals surface area contributed by atoms with Crippen LogP contribution < -0.4 is 0 Å². The number of alkyl halides is 3. The van der Waals surface area contributed by atoms with Crippen LogP contribution in [-0.2, 0) is 15.7 Å². The van der Waals surface area contributed by atoms with E-state index >= 15 is 0 Å². The third-order valence-corrected chi connectivity index (χ3v) is 2.15. The van der Waals surface area contributed by atoms with E-state index in [1.54, 1.807) is 0 Å². The maximum absolute atomic E-state index is 12.6. The Labute approximate surface area is 101 Å². The highest BCUT2D eigenvalue weighted by Gasteiger charge is 2.32. The molecule has 17 heavy (non-hydrogen) atoms. The zero-order chi connectivity index (χ0) is 13.1. The molecule has 0 fully saturated rings. The molecule has 6 heteroatoms. The van der Waals surface area contributed by atoms with E-state index in [1.165, 1.54) is 0 Å². The standard InChI is InChI=1S/C11H8ClF3O2/c1-17-10(16)5-2-7-6-8(12)3-4-9(7)11(13,14)15/h2-6H,1H3. The molecule has 1 rings (SSSR count). The summed E-state index contributed by atoms with van der Waals surface area (Å²) in [7, 11) is 1.13. The van der Waals surface area contributed by atoms with Crippen molar-refractivity contribution in [2.24, 2.45) is 0 Å². The molecule has 0 unspecified atom stereocenters. The molecule has 0 N–H and O–H groups in total. The Morgan fingerprint density at radius 1 is 1.41 bits per heavy atom. The Balaban J connectivity index is 3.17. The fraction of sp³-hybridized carbons (Fsp3) is 0.182. The quantitative estimate of drug-likeness (QED) is 0.603. The third kappa shape index (κ3) is 3.78. The van der Waals surface area contributed by atoms with Gasteiger partial charge in [0.2, 0.25) is 0 Å². The Kier molecular flexibility index (Phi) is 4.17. The normalized spacial score (nSPS) is 11.8. The molecule has 0 aliphatic carbocycles. The minimum absolute atomic E-state index is 0.155. The highest BCUT2D eigenvalue weighted by atomic mass is 35.5. The minimum Gasteiger partial charge on any atom is -0.466 e. The third-order valence-electron chi connectivity index (χ3n) is 1.92. The first kappa shape index (κ1) is 13.6. The molecule has 0 saturated carbocycles. The average Bonchev–Trinajstić information content (AvgIpc) is 2.24. The van der Waals surface area contributed by atoms with E-state index in [9.17, 15) is 18.0 Å². The van der Waals surface area contributed by atoms with Gasteiger partial charge in [-0.3, -0.25) is 0 Å². The van der Waals surface area contributed by atoms with Crippen molar-refractivity contribution in [2.75, 3.05) is 7.11 Å². The van der Waals surface area contributed by atoms with Crippen LogP contribution >= 0.6 is 11.6 Å². The first-order valence-corrected chi connectivity index (χ1v) is 4.85. The lowest BCUT2D eigenvalue weighted by Crippen LogP contribution is -2.07. The highest BCUT2D eigenvalue weighted by Crippen LogP contribution is 2.33. The van der Waals surface area contributed by atoms with Gasteiger partial charge in [-0.2, -0.15) is 13.2 Å². The van der Waals surface area contributed by atoms with E-state index in [-0.39, 0.29) is 10.6 Å². The molecule has 0 heterocycles. The summed E-state index contributed by atoms with van der Waals surface area (Å²) in [5, 5.41) is 0.155. The number of ether oxygens (including phenoxy) is 1. The molecular weight excluding hydrogens is 257 g/mol. The van der Waals surface area contributed by atoms with Gasteiger partial charge in [0.25, 0.3) is 0 Å². The van der Waals surface area contributed by atoms with Crippen LogP contribution in [0.4, 0.5) is 13.2 Å². The first-order chi connectivity index (χ1) is 7.84. The number of hydrogen-bond donors (Lipinski definition) is 0. The van der Waals surface area contributed by atoms with Crippen molar-refractivity contribution in [2.45, 2.75) is 6.18 Å². The van der Waals surface area contributed by atoms with Gasteiger partial charge in [-0.1, -0.05) is 11.6 Å². The topological polar surface area (TPSA) is 26.3 Å². The van der Waals surface area contributed by atoms with Crippen molar-refractivity contribution in [3.8, 4) is 0 Å². The summed E-state index contributed by atoms with van der Waals surface area (Å²) in [6.45, 7) is 0. The SMILES string of the molecule is COC(=O)C=Cc1cc(Cl)ccc1C(F)(F)F. The summed E-state index contributed by atoms with van der Waals surface area (Å²) in [6, 6.07) is 3.13. The molecule has 1 aromatic rings. The smallest absolute Gasteiger partial charge is 0.416 e. The van der Waals surface area contributed by atoms with E-state index in [2.05, 4.69) is 4.74 Å². The fourth-order valence-corrected chi connectivity index (χ4v) is 1.34. The summed E-state index contributed by atoms with van der Waals surface area (Å²) < 4.78 is 42.1. The summed E-state index contributed by atoms with van der Waals surface area (Å²) in [4.78, 5) is 10.8. The Morgan fingerprint density at radius 2 is 2.06 bits per heavy atom. The van der Waals surface area contributed by atoms with E-state index in [0.717, 1.165) is 37.5 Å². The van der Waals surface area contributed by atoms with E-state index < -0.39 is 17.7 Å². The number of esters is 1. The van der Waals surface area contributed by atoms with Crippen molar-refractivity contribution in [3.63, 3.8) is 0 Å². The monoisotopic (exact) mass is 264 g/mol. The first-order valence-electron chi connectivity index (χ1n) is 4.47. The Bertz CT molecular complexity index is 453. The molecule has 1 aromatic carbocycles. The molecule has 0 aliphatic heterocycles. The number of carbonyl (C=O) groups is 1. The van der Waals surface area contributed by atoms with Crippen LogP contribution in [0.5, 0.6) is 0 Å². The van der Waals surface area contributed by atoms with E-state index in [1.807, 2.05) is 0 Å². The van der Waals surface area contributed by atoms with Gasteiger partial charge < -0.3 is 4.74 Å². The van der Waals surface area contributed by atoms with Crippen LogP contribution in [-0.4, -0.2) is 13.1 Å². The largest absolute Gasteiger partial charge is 0.466 e. The summed E-state index contributed by atoms with van der Waals surface area (Å²) in [5.74, 6) is -0.738. The molecule has 0 aliphatic rings. The van der Waals surface area contributed by atoms with Crippen LogP contribution in [0.2, 0.25) is 5.02 Å². The molecule has 2 nitrogen and oxygen atoms in total. The molecule has 92 valence electrons. The van der Waals surface area contributed by atoms with Crippen LogP contribution in [0.1, 0.15) is 11.1 Å². The fourth-order valence-electron chi connectivity index (χ4n) is 1.16. The number of methoxy groups -OCH3 is 1. The van der Waals surface area contributed by atoms with E-state index in [0.29, 0.717) is 0 Å². The van der Waals surface area contributed by atoms with Crippen LogP contribution in [0.3, 0.4) is 0 Å². The lowest BCUT2D eigenvalue weighted by Gasteiger charge is -2.10. The molecule has 0 saturated heterocycles.